The fourth-order valence-electron chi connectivity index (χ4n) is 5.01. The minimum absolute atomic E-state index is 0.150. The normalized spacial score (nSPS) is 35.5. The van der Waals surface area contributed by atoms with Crippen LogP contribution < -0.4 is 9.47 Å². The van der Waals surface area contributed by atoms with Gasteiger partial charge >= 0.3 is 0 Å². The second kappa shape index (κ2) is 4.32. The minimum Gasteiger partial charge on any atom is -0.490 e. The highest BCUT2D eigenvalue weighted by molar-refractivity contribution is 5.73. The van der Waals surface area contributed by atoms with E-state index in [9.17, 15) is 5.11 Å². The first-order chi connectivity index (χ1) is 11.2. The topological polar surface area (TPSA) is 41.9 Å². The molecule has 4 unspecified atom stereocenters. The summed E-state index contributed by atoms with van der Waals surface area (Å²) in [4.78, 5) is 2.34. The Morgan fingerprint density at radius 1 is 1.39 bits per heavy atom. The van der Waals surface area contributed by atoms with Crippen LogP contribution in [-0.4, -0.2) is 42.4 Å². The predicted molar refractivity (Wildman–Crippen MR) is 87.6 cm³/mol. The third kappa shape index (κ3) is 1.45. The highest BCUT2D eigenvalue weighted by Crippen LogP contribution is 2.62. The molecule has 1 aromatic carbocycles. The van der Waals surface area contributed by atoms with Crippen LogP contribution in [0.1, 0.15) is 24.5 Å². The Balaban J connectivity index is 1.82. The quantitative estimate of drug-likeness (QED) is 0.851. The molecule has 0 saturated carbocycles. The molecule has 1 spiro atoms. The van der Waals surface area contributed by atoms with Crippen LogP contribution in [0.25, 0.3) is 6.08 Å². The molecule has 1 aromatic rings. The van der Waals surface area contributed by atoms with Crippen LogP contribution in [0.5, 0.6) is 11.5 Å². The van der Waals surface area contributed by atoms with Gasteiger partial charge in [-0.05, 0) is 31.1 Å². The Morgan fingerprint density at radius 2 is 2.26 bits per heavy atom. The zero-order chi connectivity index (χ0) is 15.8. The summed E-state index contributed by atoms with van der Waals surface area (Å²) in [6.07, 6.45) is 6.57. The second-order valence-electron chi connectivity index (χ2n) is 6.96. The molecule has 23 heavy (non-hydrogen) atoms. The Bertz CT molecular complexity index is 753. The molecule has 5 rings (SSSR count). The van der Waals surface area contributed by atoms with Crippen molar-refractivity contribution in [1.29, 1.82) is 0 Å². The second-order valence-corrected chi connectivity index (χ2v) is 6.96. The van der Waals surface area contributed by atoms with E-state index in [0.717, 1.165) is 24.5 Å². The van der Waals surface area contributed by atoms with Crippen molar-refractivity contribution in [3.8, 4) is 11.5 Å². The van der Waals surface area contributed by atoms with Gasteiger partial charge in [0.25, 0.3) is 0 Å². The van der Waals surface area contributed by atoms with Crippen LogP contribution >= 0.6 is 0 Å². The number of rotatable bonds is 2. The lowest BCUT2D eigenvalue weighted by atomic mass is 9.56. The molecule has 0 amide bonds. The molecule has 1 fully saturated rings. The largest absolute Gasteiger partial charge is 0.490 e. The first kappa shape index (κ1) is 13.5. The maximum atomic E-state index is 10.6. The number of piperidine rings is 1. The summed E-state index contributed by atoms with van der Waals surface area (Å²) in [5, 5.41) is 10.6. The van der Waals surface area contributed by atoms with Crippen molar-refractivity contribution in [2.45, 2.75) is 31.0 Å². The Hall–Kier alpha value is -1.94. The van der Waals surface area contributed by atoms with Gasteiger partial charge in [-0.15, -0.1) is 0 Å². The van der Waals surface area contributed by atoms with Gasteiger partial charge in [0.2, 0.25) is 0 Å². The number of benzene rings is 1. The third-order valence-electron chi connectivity index (χ3n) is 5.96. The van der Waals surface area contributed by atoms with Gasteiger partial charge in [0.05, 0.1) is 12.0 Å². The third-order valence-corrected chi connectivity index (χ3v) is 5.96. The van der Waals surface area contributed by atoms with Crippen LogP contribution in [0.2, 0.25) is 0 Å². The summed E-state index contributed by atoms with van der Waals surface area (Å²) in [5.41, 5.74) is 3.64. The van der Waals surface area contributed by atoms with E-state index in [2.05, 4.69) is 30.2 Å². The number of hydrogen-bond donors (Lipinski definition) is 1. The van der Waals surface area contributed by atoms with E-state index < -0.39 is 6.10 Å². The van der Waals surface area contributed by atoms with Crippen LogP contribution in [0.4, 0.5) is 0 Å². The summed E-state index contributed by atoms with van der Waals surface area (Å²) in [6, 6.07) is 4.13. The standard InChI is InChI=1S/C19H21NO3/c1-3-22-15-7-4-11-10-13-12-5-6-14(21)18-19(12,8-9-20(13)2)16(11)17(15)23-18/h4-7,10,12,14,18,21H,3,8-9H2,1-2H3. The average Bonchev–Trinajstić information content (AvgIpc) is 2.90. The maximum Gasteiger partial charge on any atom is 0.166 e. The molecule has 120 valence electrons. The van der Waals surface area contributed by atoms with E-state index in [1.807, 2.05) is 19.1 Å². The zero-order valence-corrected chi connectivity index (χ0v) is 13.5. The molecule has 2 aliphatic heterocycles. The fraction of sp³-hybridized carbons (Fsp3) is 0.474. The highest BCUT2D eigenvalue weighted by Gasteiger charge is 2.62. The predicted octanol–water partition coefficient (Wildman–Crippen LogP) is 2.32. The average molecular weight is 311 g/mol. The molecule has 4 heteroatoms. The summed E-state index contributed by atoms with van der Waals surface area (Å²) in [7, 11) is 2.16. The molecule has 2 aliphatic carbocycles. The van der Waals surface area contributed by atoms with E-state index in [-0.39, 0.29) is 17.4 Å². The molecule has 0 aromatic heterocycles. The van der Waals surface area contributed by atoms with Crippen molar-refractivity contribution in [3.63, 3.8) is 0 Å². The van der Waals surface area contributed by atoms with E-state index in [0.29, 0.717) is 6.61 Å². The monoisotopic (exact) mass is 311 g/mol. The summed E-state index contributed by atoms with van der Waals surface area (Å²) < 4.78 is 12.1. The number of ether oxygens (including phenoxy) is 2. The summed E-state index contributed by atoms with van der Waals surface area (Å²) in [5.74, 6) is 1.93. The van der Waals surface area contributed by atoms with Crippen molar-refractivity contribution in [2.24, 2.45) is 5.92 Å². The molecule has 2 heterocycles. The van der Waals surface area contributed by atoms with Crippen molar-refractivity contribution in [1.82, 2.24) is 4.90 Å². The van der Waals surface area contributed by atoms with E-state index in [1.165, 1.54) is 16.8 Å². The van der Waals surface area contributed by atoms with Gasteiger partial charge in [0.1, 0.15) is 12.2 Å². The number of allylic oxidation sites excluding steroid dienone is 1. The molecular weight excluding hydrogens is 290 g/mol. The lowest BCUT2D eigenvalue weighted by Gasteiger charge is -2.53. The molecule has 4 atom stereocenters. The Labute approximate surface area is 136 Å². The Kier molecular flexibility index (Phi) is 2.54. The molecular formula is C19H21NO3. The molecule has 1 saturated heterocycles. The highest BCUT2D eigenvalue weighted by atomic mass is 16.5. The molecule has 0 radical (unpaired) electrons. The number of hydrogen-bond acceptors (Lipinski definition) is 4. The van der Waals surface area contributed by atoms with Gasteiger partial charge in [0.15, 0.2) is 11.5 Å². The van der Waals surface area contributed by atoms with Gasteiger partial charge in [-0.25, -0.2) is 0 Å². The fourth-order valence-corrected chi connectivity index (χ4v) is 5.01. The first-order valence-corrected chi connectivity index (χ1v) is 8.43. The van der Waals surface area contributed by atoms with E-state index >= 15 is 0 Å². The molecule has 2 bridgehead atoms. The number of nitrogens with zero attached hydrogens (tertiary/aromatic N) is 1. The lowest BCUT2D eigenvalue weighted by molar-refractivity contribution is -0.00806. The van der Waals surface area contributed by atoms with Crippen molar-refractivity contribution >= 4 is 6.08 Å². The van der Waals surface area contributed by atoms with Crippen molar-refractivity contribution < 1.29 is 14.6 Å². The zero-order valence-electron chi connectivity index (χ0n) is 13.5. The SMILES string of the molecule is CCOc1ccc2c3c1OC1C(O)C=CC4C(=C2)N(C)CCC341. The summed E-state index contributed by atoms with van der Waals surface area (Å²) in [6.45, 7) is 3.58. The summed E-state index contributed by atoms with van der Waals surface area (Å²) >= 11 is 0. The van der Waals surface area contributed by atoms with Crippen LogP contribution in [0, 0.1) is 5.92 Å². The van der Waals surface area contributed by atoms with E-state index in [1.54, 1.807) is 0 Å². The van der Waals surface area contributed by atoms with Gasteiger partial charge in [-0.1, -0.05) is 18.2 Å². The molecule has 4 aliphatic rings. The maximum absolute atomic E-state index is 10.6. The number of likely N-dealkylation sites (tertiary alicyclic amines) is 1. The Morgan fingerprint density at radius 3 is 3.09 bits per heavy atom. The first-order valence-electron chi connectivity index (χ1n) is 8.43. The van der Waals surface area contributed by atoms with Gasteiger partial charge in [-0.2, -0.15) is 0 Å². The lowest BCUT2D eigenvalue weighted by Crippen LogP contribution is -2.58. The number of aliphatic hydroxyl groups is 1. The van der Waals surface area contributed by atoms with Crippen molar-refractivity contribution in [2.75, 3.05) is 20.2 Å². The van der Waals surface area contributed by atoms with Gasteiger partial charge in [-0.3, -0.25) is 0 Å². The van der Waals surface area contributed by atoms with Crippen LogP contribution in [-0.2, 0) is 5.41 Å². The minimum atomic E-state index is -0.566. The van der Waals surface area contributed by atoms with Crippen molar-refractivity contribution in [3.05, 3.63) is 41.1 Å². The van der Waals surface area contributed by atoms with E-state index in [4.69, 9.17) is 9.47 Å². The molecule has 1 N–H and O–H groups in total. The van der Waals surface area contributed by atoms with Crippen LogP contribution in [0.15, 0.2) is 30.0 Å². The molecule has 4 nitrogen and oxygen atoms in total. The number of aliphatic hydroxyl groups excluding tert-OH is 1. The van der Waals surface area contributed by atoms with Crippen LogP contribution in [0.3, 0.4) is 0 Å². The smallest absolute Gasteiger partial charge is 0.166 e. The van der Waals surface area contributed by atoms with Gasteiger partial charge in [0, 0.05) is 30.8 Å². The van der Waals surface area contributed by atoms with Gasteiger partial charge < -0.3 is 19.5 Å².